The van der Waals surface area contributed by atoms with Crippen LogP contribution in [0, 0.1) is 0 Å². The molecule has 1 aromatic carbocycles. The van der Waals surface area contributed by atoms with Gasteiger partial charge in [-0.15, -0.1) is 0 Å². The number of carbonyl (C=O) groups is 1. The van der Waals surface area contributed by atoms with Crippen molar-refractivity contribution in [2.75, 3.05) is 13.1 Å². The fraction of sp³-hybridized carbons (Fsp3) is 0.562. The SMILES string of the molecule is NCC1(NC(=O)CNS(=O)(=O)c2ccc3c(c2)COC3)CCCC1. The number of amides is 1. The molecule has 8 heteroatoms. The molecule has 1 aliphatic carbocycles. The standard InChI is InChI=1S/C16H23N3O4S/c17-11-16(5-1-2-6-16)19-15(20)8-18-24(21,22)14-4-3-12-9-23-10-13(12)7-14/h3-4,7,18H,1-2,5-6,8-11,17H2,(H,19,20). The highest BCUT2D eigenvalue weighted by Crippen LogP contribution is 2.28. The predicted molar refractivity (Wildman–Crippen MR) is 88.5 cm³/mol. The first kappa shape index (κ1) is 17.3. The predicted octanol–water partition coefficient (Wildman–Crippen LogP) is 0.383. The molecule has 24 heavy (non-hydrogen) atoms. The van der Waals surface area contributed by atoms with Crippen molar-refractivity contribution >= 4 is 15.9 Å². The molecule has 7 nitrogen and oxygen atoms in total. The molecule has 1 aliphatic heterocycles. The second kappa shape index (κ2) is 6.79. The molecule has 1 fully saturated rings. The summed E-state index contributed by atoms with van der Waals surface area (Å²) in [6.07, 6.45) is 3.74. The molecule has 4 N–H and O–H groups in total. The molecule has 0 spiro atoms. The van der Waals surface area contributed by atoms with Gasteiger partial charge in [0.1, 0.15) is 0 Å². The first-order valence-electron chi connectivity index (χ1n) is 8.14. The van der Waals surface area contributed by atoms with Gasteiger partial charge in [-0.1, -0.05) is 18.9 Å². The zero-order valence-corrected chi connectivity index (χ0v) is 14.3. The van der Waals surface area contributed by atoms with Crippen LogP contribution in [0.25, 0.3) is 0 Å². The summed E-state index contributed by atoms with van der Waals surface area (Å²) in [6, 6.07) is 4.88. The van der Waals surface area contributed by atoms with Crippen LogP contribution in [-0.2, 0) is 32.8 Å². The van der Waals surface area contributed by atoms with Gasteiger partial charge in [0, 0.05) is 6.54 Å². The number of rotatable bonds is 6. The second-order valence-corrected chi connectivity index (χ2v) is 8.25. The summed E-state index contributed by atoms with van der Waals surface area (Å²) in [6.45, 7) is 0.999. The molecule has 0 atom stereocenters. The third-order valence-electron chi connectivity index (χ3n) is 4.78. The number of sulfonamides is 1. The smallest absolute Gasteiger partial charge is 0.241 e. The molecule has 1 amide bonds. The Balaban J connectivity index is 1.61. The van der Waals surface area contributed by atoms with Crippen LogP contribution in [0.3, 0.4) is 0 Å². The Morgan fingerprint density at radius 2 is 1.92 bits per heavy atom. The zero-order chi connectivity index (χ0) is 17.2. The quantitative estimate of drug-likeness (QED) is 0.685. The van der Waals surface area contributed by atoms with E-state index in [0.29, 0.717) is 19.8 Å². The third-order valence-corrected chi connectivity index (χ3v) is 6.18. The van der Waals surface area contributed by atoms with Gasteiger partial charge >= 0.3 is 0 Å². The van der Waals surface area contributed by atoms with E-state index >= 15 is 0 Å². The topological polar surface area (TPSA) is 111 Å². The fourth-order valence-electron chi connectivity index (χ4n) is 3.33. The van der Waals surface area contributed by atoms with Crippen LogP contribution in [0.2, 0.25) is 0 Å². The number of fused-ring (bicyclic) bond motifs is 1. The maximum absolute atomic E-state index is 12.4. The van der Waals surface area contributed by atoms with Crippen molar-refractivity contribution in [1.29, 1.82) is 0 Å². The number of benzene rings is 1. The van der Waals surface area contributed by atoms with Crippen molar-refractivity contribution in [3.8, 4) is 0 Å². The lowest BCUT2D eigenvalue weighted by Crippen LogP contribution is -2.54. The van der Waals surface area contributed by atoms with Gasteiger partial charge in [-0.3, -0.25) is 4.79 Å². The normalized spacial score (nSPS) is 19.2. The Bertz CT molecular complexity index is 727. The molecular weight excluding hydrogens is 330 g/mol. The van der Waals surface area contributed by atoms with Gasteiger partial charge in [0.05, 0.1) is 30.2 Å². The van der Waals surface area contributed by atoms with Gasteiger partial charge in [-0.25, -0.2) is 13.1 Å². The maximum atomic E-state index is 12.4. The van der Waals surface area contributed by atoms with E-state index in [2.05, 4.69) is 10.0 Å². The minimum atomic E-state index is -3.73. The van der Waals surface area contributed by atoms with E-state index in [9.17, 15) is 13.2 Å². The minimum absolute atomic E-state index is 0.147. The summed E-state index contributed by atoms with van der Waals surface area (Å²) in [5, 5.41) is 2.90. The summed E-state index contributed by atoms with van der Waals surface area (Å²) < 4.78 is 32.4. The highest BCUT2D eigenvalue weighted by Gasteiger charge is 2.34. The highest BCUT2D eigenvalue weighted by molar-refractivity contribution is 7.89. The van der Waals surface area contributed by atoms with E-state index in [1.165, 1.54) is 6.07 Å². The zero-order valence-electron chi connectivity index (χ0n) is 13.5. The molecule has 1 heterocycles. The average molecular weight is 353 g/mol. The van der Waals surface area contributed by atoms with Crippen LogP contribution in [0.5, 0.6) is 0 Å². The lowest BCUT2D eigenvalue weighted by molar-refractivity contribution is -0.121. The molecule has 1 saturated carbocycles. The van der Waals surface area contributed by atoms with Crippen molar-refractivity contribution in [1.82, 2.24) is 10.0 Å². The fourth-order valence-corrected chi connectivity index (χ4v) is 4.36. The first-order chi connectivity index (χ1) is 11.4. The Kier molecular flexibility index (Phi) is 4.91. The Morgan fingerprint density at radius 3 is 2.62 bits per heavy atom. The van der Waals surface area contributed by atoms with E-state index in [0.717, 1.165) is 36.8 Å². The lowest BCUT2D eigenvalue weighted by Gasteiger charge is -2.28. The van der Waals surface area contributed by atoms with Gasteiger partial charge in [0.25, 0.3) is 0 Å². The van der Waals surface area contributed by atoms with E-state index in [4.69, 9.17) is 10.5 Å². The van der Waals surface area contributed by atoms with E-state index in [1.54, 1.807) is 12.1 Å². The molecule has 0 bridgehead atoms. The van der Waals surface area contributed by atoms with E-state index < -0.39 is 10.0 Å². The van der Waals surface area contributed by atoms with Crippen molar-refractivity contribution in [2.45, 2.75) is 49.3 Å². The Morgan fingerprint density at radius 1 is 1.21 bits per heavy atom. The van der Waals surface area contributed by atoms with Crippen LogP contribution in [-0.4, -0.2) is 33.0 Å². The van der Waals surface area contributed by atoms with Crippen LogP contribution in [0.15, 0.2) is 23.1 Å². The second-order valence-electron chi connectivity index (χ2n) is 6.49. The van der Waals surface area contributed by atoms with Crippen LogP contribution in [0.4, 0.5) is 0 Å². The summed E-state index contributed by atoms with van der Waals surface area (Å²) in [7, 11) is -3.73. The molecule has 132 valence electrons. The largest absolute Gasteiger partial charge is 0.372 e. The van der Waals surface area contributed by atoms with Gasteiger partial charge in [-0.2, -0.15) is 0 Å². The molecule has 0 unspecified atom stereocenters. The summed E-state index contributed by atoms with van der Waals surface area (Å²) in [4.78, 5) is 12.3. The highest BCUT2D eigenvalue weighted by atomic mass is 32.2. The van der Waals surface area contributed by atoms with Crippen LogP contribution < -0.4 is 15.8 Å². The molecule has 1 aromatic rings. The number of ether oxygens (including phenoxy) is 1. The Labute approximate surface area is 142 Å². The number of nitrogens with two attached hydrogens (primary N) is 1. The van der Waals surface area contributed by atoms with Crippen LogP contribution in [0.1, 0.15) is 36.8 Å². The minimum Gasteiger partial charge on any atom is -0.372 e. The van der Waals surface area contributed by atoms with Gasteiger partial charge in [0.2, 0.25) is 15.9 Å². The van der Waals surface area contributed by atoms with Crippen molar-refractivity contribution in [3.63, 3.8) is 0 Å². The summed E-state index contributed by atoms with van der Waals surface area (Å²) in [5.41, 5.74) is 7.26. The number of hydrogen-bond acceptors (Lipinski definition) is 5. The average Bonchev–Trinajstić information content (AvgIpc) is 3.21. The number of nitrogens with one attached hydrogen (secondary N) is 2. The number of carbonyl (C=O) groups excluding carboxylic acids is 1. The molecule has 0 radical (unpaired) electrons. The third kappa shape index (κ3) is 3.61. The van der Waals surface area contributed by atoms with Gasteiger partial charge in [0.15, 0.2) is 0 Å². The van der Waals surface area contributed by atoms with Gasteiger partial charge in [-0.05, 0) is 36.1 Å². The van der Waals surface area contributed by atoms with Crippen LogP contribution >= 0.6 is 0 Å². The molecule has 2 aliphatic rings. The van der Waals surface area contributed by atoms with Gasteiger partial charge < -0.3 is 15.8 Å². The van der Waals surface area contributed by atoms with E-state index in [-0.39, 0.29) is 22.9 Å². The van der Waals surface area contributed by atoms with Crippen molar-refractivity contribution in [3.05, 3.63) is 29.3 Å². The molecule has 3 rings (SSSR count). The molecular formula is C16H23N3O4S. The van der Waals surface area contributed by atoms with Crippen molar-refractivity contribution in [2.24, 2.45) is 5.73 Å². The molecule has 0 aromatic heterocycles. The molecule has 0 saturated heterocycles. The number of hydrogen-bond donors (Lipinski definition) is 3. The lowest BCUT2D eigenvalue weighted by atomic mass is 9.98. The van der Waals surface area contributed by atoms with Crippen molar-refractivity contribution < 1.29 is 17.9 Å². The maximum Gasteiger partial charge on any atom is 0.241 e. The van der Waals surface area contributed by atoms with E-state index in [1.807, 2.05) is 0 Å². The summed E-state index contributed by atoms with van der Waals surface area (Å²) >= 11 is 0. The Hall–Kier alpha value is -1.48. The summed E-state index contributed by atoms with van der Waals surface area (Å²) in [5.74, 6) is -0.351. The monoisotopic (exact) mass is 353 g/mol. The first-order valence-corrected chi connectivity index (χ1v) is 9.63.